The van der Waals surface area contributed by atoms with Crippen LogP contribution in [0.15, 0.2) is 65.6 Å². The normalized spacial score (nSPS) is 14.7. The molecule has 1 heterocycles. The van der Waals surface area contributed by atoms with Crippen molar-refractivity contribution in [2.75, 3.05) is 0 Å². The molecule has 0 saturated heterocycles. The lowest BCUT2D eigenvalue weighted by Gasteiger charge is -2.38. The van der Waals surface area contributed by atoms with Crippen LogP contribution in [0.3, 0.4) is 0 Å². The fourth-order valence-corrected chi connectivity index (χ4v) is 3.67. The highest BCUT2D eigenvalue weighted by molar-refractivity contribution is 5.78. The quantitative estimate of drug-likeness (QED) is 0.618. The molecule has 1 aromatic heterocycles. The number of alkyl halides is 3. The van der Waals surface area contributed by atoms with Gasteiger partial charge in [0.2, 0.25) is 0 Å². The molecule has 0 amide bonds. The minimum Gasteiger partial charge on any atom is -0.379 e. The lowest BCUT2D eigenvalue weighted by atomic mass is 9.74. The Morgan fingerprint density at radius 2 is 1.69 bits per heavy atom. The van der Waals surface area contributed by atoms with E-state index >= 15 is 0 Å². The van der Waals surface area contributed by atoms with Gasteiger partial charge >= 0.3 is 6.18 Å². The molecule has 0 fully saturated rings. The van der Waals surface area contributed by atoms with E-state index in [1.54, 1.807) is 12.1 Å². The molecule has 0 bridgehead atoms. The molecule has 1 atom stereocenters. The summed E-state index contributed by atoms with van der Waals surface area (Å²) in [6.07, 6.45) is -4.38. The molecule has 0 spiro atoms. The summed E-state index contributed by atoms with van der Waals surface area (Å²) < 4.78 is 56.8. The molecule has 3 rings (SSSR count). The van der Waals surface area contributed by atoms with Gasteiger partial charge in [0.15, 0.2) is 11.0 Å². The van der Waals surface area contributed by atoms with Crippen molar-refractivity contribution in [1.29, 1.82) is 0 Å². The number of benzene rings is 2. The fraction of sp³-hybridized carbons (Fsp3) is 0.318. The van der Waals surface area contributed by atoms with Crippen LogP contribution in [0.25, 0.3) is 10.9 Å². The Bertz CT molecular complexity index is 1090. The smallest absolute Gasteiger partial charge is 0.379 e. The topological polar surface area (TPSA) is 42.2 Å². The molecular weight excluding hydrogens is 386 g/mol. The van der Waals surface area contributed by atoms with Crippen molar-refractivity contribution in [3.8, 4) is 0 Å². The van der Waals surface area contributed by atoms with Crippen molar-refractivity contribution in [2.24, 2.45) is 0 Å². The van der Waals surface area contributed by atoms with Crippen molar-refractivity contribution >= 4 is 10.9 Å². The Labute approximate surface area is 165 Å². The van der Waals surface area contributed by atoms with Crippen LogP contribution in [-0.2, 0) is 12.0 Å². The maximum Gasteiger partial charge on any atom is 0.418 e. The second-order valence-electron chi connectivity index (χ2n) is 7.93. The van der Waals surface area contributed by atoms with E-state index in [9.17, 15) is 27.5 Å². The van der Waals surface area contributed by atoms with Gasteiger partial charge in [0, 0.05) is 17.6 Å². The Kier molecular flexibility index (Phi) is 5.30. The molecule has 0 saturated carbocycles. The Hall–Kier alpha value is -2.67. The van der Waals surface area contributed by atoms with Crippen LogP contribution in [0, 0.1) is 5.82 Å². The molecule has 0 aliphatic heterocycles. The average molecular weight is 407 g/mol. The van der Waals surface area contributed by atoms with E-state index in [0.717, 1.165) is 0 Å². The summed E-state index contributed by atoms with van der Waals surface area (Å²) in [6.45, 7) is 2.26. The maximum absolute atomic E-state index is 14.0. The second kappa shape index (κ2) is 7.30. The van der Waals surface area contributed by atoms with Gasteiger partial charge in [-0.15, -0.1) is 0 Å². The molecule has 1 unspecified atom stereocenters. The van der Waals surface area contributed by atoms with Gasteiger partial charge in [0.05, 0.1) is 12.1 Å². The first kappa shape index (κ1) is 21.0. The predicted molar refractivity (Wildman–Crippen MR) is 103 cm³/mol. The van der Waals surface area contributed by atoms with Crippen molar-refractivity contribution in [2.45, 2.75) is 44.0 Å². The summed E-state index contributed by atoms with van der Waals surface area (Å²) in [5.74, 6) is -0.558. The molecule has 3 nitrogen and oxygen atoms in total. The standard InChI is InChI=1S/C22H21F4NO2/c1-20(2,15-6-5-7-16(23)12-15)13-21(29,22(24,25)26)14-27-11-10-19(28)17-8-3-4-9-18(17)27/h3-12,29H,13-14H2,1-2H3. The van der Waals surface area contributed by atoms with Crippen LogP contribution in [0.1, 0.15) is 25.8 Å². The van der Waals surface area contributed by atoms with Crippen LogP contribution in [0.2, 0.25) is 0 Å². The monoisotopic (exact) mass is 407 g/mol. The maximum atomic E-state index is 14.0. The number of para-hydroxylation sites is 1. The summed E-state index contributed by atoms with van der Waals surface area (Å²) in [7, 11) is 0. The number of aliphatic hydroxyl groups is 1. The zero-order chi connectivity index (χ0) is 21.4. The van der Waals surface area contributed by atoms with Gasteiger partial charge in [-0.1, -0.05) is 38.1 Å². The minimum absolute atomic E-state index is 0.268. The van der Waals surface area contributed by atoms with E-state index in [2.05, 4.69) is 0 Å². The molecule has 7 heteroatoms. The molecular formula is C22H21F4NO2. The van der Waals surface area contributed by atoms with E-state index in [-0.39, 0.29) is 10.8 Å². The summed E-state index contributed by atoms with van der Waals surface area (Å²) in [6, 6.07) is 12.8. The first-order valence-corrected chi connectivity index (χ1v) is 9.06. The minimum atomic E-state index is -4.94. The lowest BCUT2D eigenvalue weighted by Crippen LogP contribution is -2.52. The number of nitrogens with zero attached hydrogens (tertiary/aromatic N) is 1. The summed E-state index contributed by atoms with van der Waals surface area (Å²) >= 11 is 0. The first-order valence-electron chi connectivity index (χ1n) is 9.06. The van der Waals surface area contributed by atoms with Gasteiger partial charge in [0.1, 0.15) is 5.82 Å². The SMILES string of the molecule is CC(C)(CC(O)(Cn1ccc(=O)c2ccccc21)C(F)(F)F)c1cccc(F)c1. The Morgan fingerprint density at radius 1 is 1.00 bits per heavy atom. The molecule has 0 aliphatic rings. The summed E-state index contributed by atoms with van der Waals surface area (Å²) in [4.78, 5) is 12.0. The number of rotatable bonds is 5. The van der Waals surface area contributed by atoms with Crippen molar-refractivity contribution in [3.05, 3.63) is 82.4 Å². The number of hydrogen-bond donors (Lipinski definition) is 1. The number of hydrogen-bond acceptors (Lipinski definition) is 2. The van der Waals surface area contributed by atoms with Crippen LogP contribution in [-0.4, -0.2) is 21.5 Å². The van der Waals surface area contributed by atoms with Gasteiger partial charge in [0.25, 0.3) is 0 Å². The highest BCUT2D eigenvalue weighted by Crippen LogP contribution is 2.42. The third-order valence-electron chi connectivity index (χ3n) is 5.18. The van der Waals surface area contributed by atoms with Crippen LogP contribution < -0.4 is 5.43 Å². The lowest BCUT2D eigenvalue weighted by molar-refractivity contribution is -0.271. The van der Waals surface area contributed by atoms with E-state index in [1.807, 2.05) is 0 Å². The number of pyridine rings is 1. The number of aromatic nitrogens is 1. The van der Waals surface area contributed by atoms with Gasteiger partial charge < -0.3 is 9.67 Å². The largest absolute Gasteiger partial charge is 0.418 e. The van der Waals surface area contributed by atoms with E-state index < -0.39 is 36.0 Å². The zero-order valence-corrected chi connectivity index (χ0v) is 16.0. The highest BCUT2D eigenvalue weighted by atomic mass is 19.4. The van der Waals surface area contributed by atoms with E-state index in [0.29, 0.717) is 11.1 Å². The molecule has 154 valence electrons. The fourth-order valence-electron chi connectivity index (χ4n) is 3.67. The predicted octanol–water partition coefficient (Wildman–Crippen LogP) is 4.80. The van der Waals surface area contributed by atoms with E-state index in [1.165, 1.54) is 67.1 Å². The van der Waals surface area contributed by atoms with Gasteiger partial charge in [-0.2, -0.15) is 13.2 Å². The number of fused-ring (bicyclic) bond motifs is 1. The van der Waals surface area contributed by atoms with Crippen LogP contribution in [0.5, 0.6) is 0 Å². The summed E-state index contributed by atoms with van der Waals surface area (Å²) in [5.41, 5.74) is -3.93. The highest BCUT2D eigenvalue weighted by Gasteiger charge is 2.56. The Morgan fingerprint density at radius 3 is 2.34 bits per heavy atom. The van der Waals surface area contributed by atoms with Crippen molar-refractivity contribution in [1.82, 2.24) is 4.57 Å². The van der Waals surface area contributed by atoms with Crippen molar-refractivity contribution in [3.63, 3.8) is 0 Å². The average Bonchev–Trinajstić information content (AvgIpc) is 2.63. The number of halogens is 4. The Balaban J connectivity index is 2.05. The molecule has 0 aliphatic carbocycles. The van der Waals surface area contributed by atoms with Crippen molar-refractivity contribution < 1.29 is 22.7 Å². The third kappa shape index (κ3) is 4.19. The molecule has 3 aromatic rings. The van der Waals surface area contributed by atoms with Gasteiger partial charge in [-0.3, -0.25) is 4.79 Å². The molecule has 0 radical (unpaired) electrons. The second-order valence-corrected chi connectivity index (χ2v) is 7.93. The first-order chi connectivity index (χ1) is 13.4. The molecule has 29 heavy (non-hydrogen) atoms. The van der Waals surface area contributed by atoms with E-state index in [4.69, 9.17) is 0 Å². The zero-order valence-electron chi connectivity index (χ0n) is 16.0. The van der Waals surface area contributed by atoms with Gasteiger partial charge in [-0.05, 0) is 41.7 Å². The summed E-state index contributed by atoms with van der Waals surface area (Å²) in [5, 5.41) is 11.0. The molecule has 1 N–H and O–H groups in total. The molecule has 2 aromatic carbocycles. The third-order valence-corrected chi connectivity index (χ3v) is 5.18. The van der Waals surface area contributed by atoms with Crippen LogP contribution >= 0.6 is 0 Å². The van der Waals surface area contributed by atoms with Crippen LogP contribution in [0.4, 0.5) is 17.6 Å². The van der Waals surface area contributed by atoms with Gasteiger partial charge in [-0.25, -0.2) is 4.39 Å².